The van der Waals surface area contributed by atoms with E-state index in [0.29, 0.717) is 6.61 Å². The van der Waals surface area contributed by atoms with E-state index < -0.39 is 0 Å². The third-order valence-electron chi connectivity index (χ3n) is 2.28. The zero-order chi connectivity index (χ0) is 12.0. The standard InChI is InChI=1S/C15H20O/c1-5-16-15(11-10-12(2)3)14-9-7-6-8-13(14)4/h6-11H,5H2,1-4H3/b15-11+. The first-order valence-electron chi connectivity index (χ1n) is 5.69. The van der Waals surface area contributed by atoms with Crippen molar-refractivity contribution in [2.45, 2.75) is 27.7 Å². The molecule has 0 atom stereocenters. The maximum Gasteiger partial charge on any atom is 0.126 e. The largest absolute Gasteiger partial charge is 0.493 e. The van der Waals surface area contributed by atoms with Gasteiger partial charge in [-0.15, -0.1) is 0 Å². The Morgan fingerprint density at radius 1 is 1.19 bits per heavy atom. The molecule has 1 heteroatoms. The lowest BCUT2D eigenvalue weighted by Gasteiger charge is -2.10. The molecule has 1 rings (SSSR count). The van der Waals surface area contributed by atoms with Gasteiger partial charge in [0.2, 0.25) is 0 Å². The van der Waals surface area contributed by atoms with Crippen LogP contribution in [-0.2, 0) is 4.74 Å². The van der Waals surface area contributed by atoms with Gasteiger partial charge in [-0.3, -0.25) is 0 Å². The summed E-state index contributed by atoms with van der Waals surface area (Å²) in [5.74, 6) is 0.946. The highest BCUT2D eigenvalue weighted by Crippen LogP contribution is 2.20. The van der Waals surface area contributed by atoms with Gasteiger partial charge >= 0.3 is 0 Å². The van der Waals surface area contributed by atoms with Gasteiger partial charge in [0.1, 0.15) is 5.76 Å². The number of rotatable bonds is 4. The average molecular weight is 216 g/mol. The maximum atomic E-state index is 5.68. The van der Waals surface area contributed by atoms with Gasteiger partial charge < -0.3 is 4.74 Å². The monoisotopic (exact) mass is 216 g/mol. The van der Waals surface area contributed by atoms with Crippen LogP contribution in [0.25, 0.3) is 5.76 Å². The molecule has 0 saturated carbocycles. The fraction of sp³-hybridized carbons (Fsp3) is 0.333. The molecule has 0 saturated heterocycles. The predicted octanol–water partition coefficient (Wildman–Crippen LogP) is 4.34. The average Bonchev–Trinajstić information content (AvgIpc) is 2.25. The number of hydrogen-bond acceptors (Lipinski definition) is 1. The van der Waals surface area contributed by atoms with Gasteiger partial charge in [-0.2, -0.15) is 0 Å². The van der Waals surface area contributed by atoms with Gasteiger partial charge in [0.15, 0.2) is 0 Å². The van der Waals surface area contributed by atoms with E-state index >= 15 is 0 Å². The Labute approximate surface area is 98.5 Å². The predicted molar refractivity (Wildman–Crippen MR) is 70.2 cm³/mol. The van der Waals surface area contributed by atoms with Crippen LogP contribution < -0.4 is 0 Å². The Balaban J connectivity index is 3.08. The van der Waals surface area contributed by atoms with Gasteiger partial charge in [0.25, 0.3) is 0 Å². The first-order valence-corrected chi connectivity index (χ1v) is 5.69. The van der Waals surface area contributed by atoms with Crippen LogP contribution in [-0.4, -0.2) is 6.61 Å². The number of ether oxygens (including phenoxy) is 1. The van der Waals surface area contributed by atoms with E-state index in [0.717, 1.165) is 5.76 Å². The van der Waals surface area contributed by atoms with E-state index in [9.17, 15) is 0 Å². The molecule has 0 aromatic heterocycles. The lowest BCUT2D eigenvalue weighted by molar-refractivity contribution is 0.298. The number of hydrogen-bond donors (Lipinski definition) is 0. The molecule has 16 heavy (non-hydrogen) atoms. The molecule has 0 heterocycles. The fourth-order valence-electron chi connectivity index (χ4n) is 1.46. The molecule has 1 nitrogen and oxygen atoms in total. The van der Waals surface area contributed by atoms with Crippen LogP contribution in [0.3, 0.4) is 0 Å². The Morgan fingerprint density at radius 3 is 2.44 bits per heavy atom. The molecule has 0 aliphatic rings. The summed E-state index contributed by atoms with van der Waals surface area (Å²) in [5, 5.41) is 0. The summed E-state index contributed by atoms with van der Waals surface area (Å²) in [5.41, 5.74) is 3.68. The van der Waals surface area contributed by atoms with E-state index in [4.69, 9.17) is 4.74 Å². The number of aryl methyl sites for hydroxylation is 1. The second kappa shape index (κ2) is 6.16. The minimum Gasteiger partial charge on any atom is -0.493 e. The summed E-state index contributed by atoms with van der Waals surface area (Å²) in [6.07, 6.45) is 4.12. The quantitative estimate of drug-likeness (QED) is 0.537. The van der Waals surface area contributed by atoms with Crippen molar-refractivity contribution in [1.29, 1.82) is 0 Å². The molecule has 0 radical (unpaired) electrons. The zero-order valence-corrected chi connectivity index (χ0v) is 10.6. The third kappa shape index (κ3) is 3.58. The van der Waals surface area contributed by atoms with E-state index in [2.05, 4.69) is 39.0 Å². The van der Waals surface area contributed by atoms with Crippen molar-refractivity contribution in [2.75, 3.05) is 6.61 Å². The van der Waals surface area contributed by atoms with Crippen LogP contribution in [0.15, 0.2) is 42.0 Å². The van der Waals surface area contributed by atoms with E-state index in [-0.39, 0.29) is 0 Å². The summed E-state index contributed by atoms with van der Waals surface area (Å²) in [7, 11) is 0. The third-order valence-corrected chi connectivity index (χ3v) is 2.28. The molecule has 0 aliphatic carbocycles. The first kappa shape index (κ1) is 12.6. The van der Waals surface area contributed by atoms with E-state index in [1.54, 1.807) is 0 Å². The number of allylic oxidation sites excluding steroid dienone is 3. The molecule has 86 valence electrons. The van der Waals surface area contributed by atoms with Crippen molar-refractivity contribution < 1.29 is 4.74 Å². The van der Waals surface area contributed by atoms with Crippen molar-refractivity contribution in [3.8, 4) is 0 Å². The molecule has 0 N–H and O–H groups in total. The maximum absolute atomic E-state index is 5.68. The molecular formula is C15H20O. The van der Waals surface area contributed by atoms with Gasteiger partial charge in [-0.25, -0.2) is 0 Å². The summed E-state index contributed by atoms with van der Waals surface area (Å²) >= 11 is 0. The first-order chi connectivity index (χ1) is 7.65. The highest BCUT2D eigenvalue weighted by Gasteiger charge is 2.03. The van der Waals surface area contributed by atoms with Crippen molar-refractivity contribution in [3.63, 3.8) is 0 Å². The van der Waals surface area contributed by atoms with Crippen molar-refractivity contribution in [1.82, 2.24) is 0 Å². The molecule has 0 spiro atoms. The Hall–Kier alpha value is -1.50. The zero-order valence-electron chi connectivity index (χ0n) is 10.6. The van der Waals surface area contributed by atoms with Crippen LogP contribution in [0.1, 0.15) is 31.9 Å². The molecule has 1 aromatic rings. The van der Waals surface area contributed by atoms with Crippen molar-refractivity contribution in [2.24, 2.45) is 0 Å². The second-order valence-electron chi connectivity index (χ2n) is 4.02. The molecule has 1 aromatic carbocycles. The van der Waals surface area contributed by atoms with Gasteiger partial charge in [-0.1, -0.05) is 35.9 Å². The molecular weight excluding hydrogens is 196 g/mol. The Morgan fingerprint density at radius 2 is 1.88 bits per heavy atom. The molecule has 0 aliphatic heterocycles. The summed E-state index contributed by atoms with van der Waals surface area (Å²) in [6.45, 7) is 8.96. The minimum absolute atomic E-state index is 0.691. The van der Waals surface area contributed by atoms with Crippen LogP contribution in [0.4, 0.5) is 0 Å². The Bertz CT molecular complexity index is 396. The van der Waals surface area contributed by atoms with Crippen LogP contribution in [0, 0.1) is 6.92 Å². The normalized spacial score (nSPS) is 11.1. The van der Waals surface area contributed by atoms with Crippen LogP contribution in [0.5, 0.6) is 0 Å². The van der Waals surface area contributed by atoms with E-state index in [1.165, 1.54) is 16.7 Å². The van der Waals surface area contributed by atoms with Crippen molar-refractivity contribution >= 4 is 5.76 Å². The SMILES string of the molecule is CCO/C(=C/C=C(C)C)c1ccccc1C. The summed E-state index contributed by atoms with van der Waals surface area (Å²) < 4.78 is 5.68. The topological polar surface area (TPSA) is 9.23 Å². The fourth-order valence-corrected chi connectivity index (χ4v) is 1.46. The number of benzene rings is 1. The van der Waals surface area contributed by atoms with Crippen LogP contribution in [0.2, 0.25) is 0 Å². The lowest BCUT2D eigenvalue weighted by Crippen LogP contribution is -1.94. The van der Waals surface area contributed by atoms with Crippen LogP contribution >= 0.6 is 0 Å². The second-order valence-corrected chi connectivity index (χ2v) is 4.02. The van der Waals surface area contributed by atoms with E-state index in [1.807, 2.05) is 25.1 Å². The molecule has 0 amide bonds. The summed E-state index contributed by atoms with van der Waals surface area (Å²) in [6, 6.07) is 8.28. The van der Waals surface area contributed by atoms with Gasteiger partial charge in [0, 0.05) is 5.56 Å². The lowest BCUT2D eigenvalue weighted by atomic mass is 10.1. The highest BCUT2D eigenvalue weighted by molar-refractivity contribution is 5.64. The summed E-state index contributed by atoms with van der Waals surface area (Å²) in [4.78, 5) is 0. The smallest absolute Gasteiger partial charge is 0.126 e. The Kier molecular flexibility index (Phi) is 4.84. The molecule has 0 bridgehead atoms. The van der Waals surface area contributed by atoms with Crippen molar-refractivity contribution in [3.05, 3.63) is 53.1 Å². The van der Waals surface area contributed by atoms with Gasteiger partial charge in [-0.05, 0) is 39.3 Å². The molecule has 0 fully saturated rings. The highest BCUT2D eigenvalue weighted by atomic mass is 16.5. The van der Waals surface area contributed by atoms with Gasteiger partial charge in [0.05, 0.1) is 6.61 Å². The minimum atomic E-state index is 0.691. The molecule has 0 unspecified atom stereocenters.